The Labute approximate surface area is 166 Å². The number of phenolic OH excluding ortho intramolecular Hbond substituents is 1. The molecule has 3 aromatic rings. The zero-order valence-corrected chi connectivity index (χ0v) is 15.8. The highest BCUT2D eigenvalue weighted by molar-refractivity contribution is 6.39. The molecule has 4 rings (SSSR count). The topological polar surface area (TPSA) is 46.5 Å². The molecular weight excluding hydrogens is 383 g/mol. The number of carbonyl (C=O) groups excluding carboxylic acids is 1. The highest BCUT2D eigenvalue weighted by Crippen LogP contribution is 2.43. The molecule has 0 unspecified atom stereocenters. The Morgan fingerprint density at radius 2 is 1.59 bits per heavy atom. The number of rotatable bonds is 2. The Bertz CT molecular complexity index is 1120. The van der Waals surface area contributed by atoms with Crippen molar-refractivity contribution in [3.8, 4) is 11.5 Å². The summed E-state index contributed by atoms with van der Waals surface area (Å²) in [5, 5.41) is 11.0. The van der Waals surface area contributed by atoms with Gasteiger partial charge in [0.1, 0.15) is 0 Å². The lowest BCUT2D eigenvalue weighted by molar-refractivity contribution is 0.103. The normalized spacial score (nSPS) is 14.0. The third-order valence-corrected chi connectivity index (χ3v) is 5.20. The summed E-state index contributed by atoms with van der Waals surface area (Å²) in [6.45, 7) is 0. The molecule has 0 radical (unpaired) electrons. The summed E-state index contributed by atoms with van der Waals surface area (Å²) in [4.78, 5) is 13.0. The highest BCUT2D eigenvalue weighted by Gasteiger charge is 2.30. The number of hydrogen-bond acceptors (Lipinski definition) is 3. The standard InChI is InChI=1S/C22H14Cl2O3/c1-27-19-9-8-12(11-18(19)25)10-15-13-4-2-7-17(24)21(13)22(26)14-5-3-6-16(23)20(14)15/h2-11,25H,1H3/b15-10+. The molecule has 1 aliphatic carbocycles. The number of ether oxygens (including phenoxy) is 1. The van der Waals surface area contributed by atoms with Crippen LogP contribution in [0.3, 0.4) is 0 Å². The van der Waals surface area contributed by atoms with E-state index in [9.17, 15) is 9.90 Å². The van der Waals surface area contributed by atoms with Gasteiger partial charge in [-0.15, -0.1) is 0 Å². The summed E-state index contributed by atoms with van der Waals surface area (Å²) in [5.74, 6) is 0.269. The number of phenols is 1. The Balaban J connectivity index is 2.01. The molecule has 1 N–H and O–H groups in total. The van der Waals surface area contributed by atoms with Crippen LogP contribution in [-0.2, 0) is 0 Å². The largest absolute Gasteiger partial charge is 0.504 e. The monoisotopic (exact) mass is 396 g/mol. The summed E-state index contributed by atoms with van der Waals surface area (Å²) in [6.07, 6.45) is 1.88. The van der Waals surface area contributed by atoms with Gasteiger partial charge in [0, 0.05) is 21.7 Å². The van der Waals surface area contributed by atoms with Crippen LogP contribution in [0.1, 0.15) is 32.6 Å². The predicted octanol–water partition coefficient (Wildman–Crippen LogP) is 5.84. The molecule has 27 heavy (non-hydrogen) atoms. The van der Waals surface area contributed by atoms with Crippen LogP contribution >= 0.6 is 23.2 Å². The number of carbonyl (C=O) groups is 1. The maximum atomic E-state index is 13.0. The molecular formula is C22H14Cl2O3. The molecule has 0 saturated heterocycles. The summed E-state index contributed by atoms with van der Waals surface area (Å²) in [7, 11) is 1.49. The van der Waals surface area contributed by atoms with Crippen LogP contribution < -0.4 is 4.74 Å². The maximum Gasteiger partial charge on any atom is 0.195 e. The van der Waals surface area contributed by atoms with E-state index in [-0.39, 0.29) is 11.5 Å². The molecule has 0 spiro atoms. The number of aromatic hydroxyl groups is 1. The minimum absolute atomic E-state index is 0.0319. The van der Waals surface area contributed by atoms with Crippen LogP contribution in [0.25, 0.3) is 11.6 Å². The van der Waals surface area contributed by atoms with Crippen molar-refractivity contribution >= 4 is 40.6 Å². The Morgan fingerprint density at radius 1 is 0.926 bits per heavy atom. The first-order valence-corrected chi connectivity index (χ1v) is 8.98. The van der Waals surface area contributed by atoms with Gasteiger partial charge in [0.25, 0.3) is 0 Å². The van der Waals surface area contributed by atoms with Gasteiger partial charge in [-0.1, -0.05) is 53.5 Å². The molecule has 0 saturated carbocycles. The van der Waals surface area contributed by atoms with Crippen molar-refractivity contribution in [3.63, 3.8) is 0 Å². The fraction of sp³-hybridized carbons (Fsp3) is 0.0455. The molecule has 0 atom stereocenters. The van der Waals surface area contributed by atoms with E-state index in [1.165, 1.54) is 7.11 Å². The molecule has 1 aliphatic rings. The fourth-order valence-corrected chi connectivity index (χ4v) is 3.89. The number of hydrogen-bond donors (Lipinski definition) is 1. The number of benzene rings is 3. The molecule has 0 heterocycles. The Morgan fingerprint density at radius 3 is 2.26 bits per heavy atom. The minimum atomic E-state index is -0.150. The first kappa shape index (κ1) is 17.7. The molecule has 0 aromatic heterocycles. The van der Waals surface area contributed by atoms with Gasteiger partial charge in [-0.3, -0.25) is 4.79 Å². The molecule has 0 aliphatic heterocycles. The van der Waals surface area contributed by atoms with Crippen LogP contribution in [0, 0.1) is 0 Å². The summed E-state index contributed by atoms with van der Waals surface area (Å²) >= 11 is 12.8. The predicted molar refractivity (Wildman–Crippen MR) is 108 cm³/mol. The number of fused-ring (bicyclic) bond motifs is 2. The third-order valence-electron chi connectivity index (χ3n) is 4.57. The van der Waals surface area contributed by atoms with E-state index in [4.69, 9.17) is 27.9 Å². The van der Waals surface area contributed by atoms with Crippen LogP contribution in [0.15, 0.2) is 54.6 Å². The van der Waals surface area contributed by atoms with Crippen LogP contribution in [-0.4, -0.2) is 18.0 Å². The van der Waals surface area contributed by atoms with E-state index in [0.29, 0.717) is 38.0 Å². The number of methoxy groups -OCH3 is 1. The van der Waals surface area contributed by atoms with E-state index in [0.717, 1.165) is 11.1 Å². The van der Waals surface area contributed by atoms with Gasteiger partial charge in [0.05, 0.1) is 12.1 Å². The van der Waals surface area contributed by atoms with E-state index < -0.39 is 0 Å². The van der Waals surface area contributed by atoms with E-state index in [2.05, 4.69) is 0 Å². The second-order valence-corrected chi connectivity index (χ2v) is 6.96. The lowest BCUT2D eigenvalue weighted by atomic mass is 9.80. The van der Waals surface area contributed by atoms with E-state index in [1.807, 2.05) is 18.2 Å². The van der Waals surface area contributed by atoms with Crippen molar-refractivity contribution in [1.82, 2.24) is 0 Å². The zero-order valence-electron chi connectivity index (χ0n) is 14.3. The van der Waals surface area contributed by atoms with Crippen molar-refractivity contribution in [2.45, 2.75) is 0 Å². The zero-order chi connectivity index (χ0) is 19.1. The molecule has 134 valence electrons. The van der Waals surface area contributed by atoms with Crippen molar-refractivity contribution < 1.29 is 14.6 Å². The SMILES string of the molecule is COc1ccc(/C=C2\c3cccc(Cl)c3C(=O)c3cccc(Cl)c32)cc1O. The number of ketones is 1. The van der Waals surface area contributed by atoms with Crippen LogP contribution in [0.2, 0.25) is 10.0 Å². The van der Waals surface area contributed by atoms with Crippen molar-refractivity contribution in [2.75, 3.05) is 7.11 Å². The van der Waals surface area contributed by atoms with Crippen molar-refractivity contribution in [3.05, 3.63) is 92.5 Å². The second kappa shape index (κ2) is 6.76. The van der Waals surface area contributed by atoms with Gasteiger partial charge in [-0.25, -0.2) is 0 Å². The maximum absolute atomic E-state index is 13.0. The Kier molecular flexibility index (Phi) is 4.42. The van der Waals surface area contributed by atoms with E-state index >= 15 is 0 Å². The van der Waals surface area contributed by atoms with Crippen LogP contribution in [0.5, 0.6) is 11.5 Å². The van der Waals surface area contributed by atoms with Gasteiger partial charge in [0.15, 0.2) is 17.3 Å². The van der Waals surface area contributed by atoms with Gasteiger partial charge in [0.2, 0.25) is 0 Å². The van der Waals surface area contributed by atoms with Crippen LogP contribution in [0.4, 0.5) is 0 Å². The minimum Gasteiger partial charge on any atom is -0.504 e. The average molecular weight is 397 g/mol. The highest BCUT2D eigenvalue weighted by atomic mass is 35.5. The molecule has 3 aromatic carbocycles. The molecule has 0 fully saturated rings. The molecule has 0 amide bonds. The van der Waals surface area contributed by atoms with Gasteiger partial charge in [-0.05, 0) is 47.0 Å². The Hall–Kier alpha value is -2.75. The summed E-state index contributed by atoms with van der Waals surface area (Å²) in [6, 6.07) is 15.7. The lowest BCUT2D eigenvalue weighted by Gasteiger charge is -2.23. The van der Waals surface area contributed by atoms with Gasteiger partial charge >= 0.3 is 0 Å². The number of halogens is 2. The first-order chi connectivity index (χ1) is 13.0. The van der Waals surface area contributed by atoms with Gasteiger partial charge < -0.3 is 9.84 Å². The smallest absolute Gasteiger partial charge is 0.195 e. The summed E-state index contributed by atoms with van der Waals surface area (Å²) in [5.41, 5.74) is 3.86. The molecule has 3 nitrogen and oxygen atoms in total. The van der Waals surface area contributed by atoms with Crippen molar-refractivity contribution in [2.24, 2.45) is 0 Å². The molecule has 0 bridgehead atoms. The summed E-state index contributed by atoms with van der Waals surface area (Å²) < 4.78 is 5.10. The third kappa shape index (κ3) is 2.89. The average Bonchev–Trinajstić information content (AvgIpc) is 2.65. The van der Waals surface area contributed by atoms with Crippen molar-refractivity contribution in [1.29, 1.82) is 0 Å². The quantitative estimate of drug-likeness (QED) is 0.462. The first-order valence-electron chi connectivity index (χ1n) is 8.22. The lowest BCUT2D eigenvalue weighted by Crippen LogP contribution is -2.15. The fourth-order valence-electron chi connectivity index (χ4n) is 3.35. The van der Waals surface area contributed by atoms with Gasteiger partial charge in [-0.2, -0.15) is 0 Å². The van der Waals surface area contributed by atoms with E-state index in [1.54, 1.807) is 42.5 Å². The molecule has 5 heteroatoms. The second-order valence-electron chi connectivity index (χ2n) is 6.14.